The third kappa shape index (κ3) is 13.1. The Bertz CT molecular complexity index is 495. The maximum Gasteiger partial charge on any atom is 0.408 e. The van der Waals surface area contributed by atoms with Crippen molar-refractivity contribution in [1.82, 2.24) is 15.8 Å². The first kappa shape index (κ1) is 26.2. The van der Waals surface area contributed by atoms with Gasteiger partial charge in [-0.25, -0.2) is 10.2 Å². The Morgan fingerprint density at radius 2 is 1.93 bits per heavy atom. The van der Waals surface area contributed by atoms with Gasteiger partial charge in [0.2, 0.25) is 3.79 Å². The Morgan fingerprint density at radius 3 is 2.33 bits per heavy atom. The number of carbonyl (C=O) groups is 3. The van der Waals surface area contributed by atoms with Crippen molar-refractivity contribution in [3.05, 3.63) is 0 Å². The quantitative estimate of drug-likeness (QED) is 0.507. The minimum Gasteiger partial charge on any atom is -0.444 e. The van der Waals surface area contributed by atoms with Crippen LogP contribution in [-0.4, -0.2) is 65.0 Å². The van der Waals surface area contributed by atoms with Gasteiger partial charge in [0.25, 0.3) is 5.91 Å². The van der Waals surface area contributed by atoms with Crippen LogP contribution < -0.4 is 10.7 Å². The average Bonchev–Trinajstić information content (AvgIpc) is 2.51. The number of nitrogens with zero attached hydrogens (tertiary/aromatic N) is 1. The molecular formula is C16H28Cl3N3O5. The number of ether oxygens (including phenoxy) is 2. The standard InChI is InChI=1S/C13H23N3O4.C3H5Cl3O/c1-9(14-12(19)20-13(2,3)4)11(18)16-7-5-6-10(8-17)15-16;1-7-2-3(4,5)6/h8-10,15H,5-7H2,1-4H3,(H,14,19);2H2,1H3. The molecule has 158 valence electrons. The summed E-state index contributed by atoms with van der Waals surface area (Å²) in [6, 6.07) is -1.07. The number of alkyl carbamates (subject to hydrolysis) is 1. The predicted molar refractivity (Wildman–Crippen MR) is 105 cm³/mol. The van der Waals surface area contributed by atoms with Gasteiger partial charge in [0.1, 0.15) is 17.9 Å². The van der Waals surface area contributed by atoms with Gasteiger partial charge < -0.3 is 19.6 Å². The van der Waals surface area contributed by atoms with Crippen LogP contribution in [0, 0.1) is 0 Å². The Balaban J connectivity index is 0.000000821. The molecule has 0 aliphatic carbocycles. The first-order valence-corrected chi connectivity index (χ1v) is 9.50. The molecule has 1 saturated heterocycles. The van der Waals surface area contributed by atoms with Gasteiger partial charge >= 0.3 is 6.09 Å². The summed E-state index contributed by atoms with van der Waals surface area (Å²) >= 11 is 15.7. The van der Waals surface area contributed by atoms with E-state index >= 15 is 0 Å². The molecule has 0 radical (unpaired) electrons. The van der Waals surface area contributed by atoms with Crippen molar-refractivity contribution in [2.75, 3.05) is 20.3 Å². The molecule has 1 aliphatic rings. The van der Waals surface area contributed by atoms with E-state index in [4.69, 9.17) is 39.5 Å². The molecule has 2 N–H and O–H groups in total. The number of alkyl halides is 3. The molecule has 1 rings (SSSR count). The molecular weight excluding hydrogens is 421 g/mol. The zero-order valence-corrected chi connectivity index (χ0v) is 18.5. The zero-order chi connectivity index (χ0) is 21.3. The zero-order valence-electron chi connectivity index (χ0n) is 16.2. The molecule has 0 aromatic carbocycles. The predicted octanol–water partition coefficient (Wildman–Crippen LogP) is 2.60. The molecule has 8 nitrogen and oxygen atoms in total. The molecule has 0 aromatic rings. The van der Waals surface area contributed by atoms with Crippen LogP contribution in [-0.2, 0) is 19.1 Å². The molecule has 0 spiro atoms. The lowest BCUT2D eigenvalue weighted by atomic mass is 10.1. The number of halogens is 3. The van der Waals surface area contributed by atoms with Gasteiger partial charge in [-0.15, -0.1) is 0 Å². The van der Waals surface area contributed by atoms with Crippen LogP contribution in [0.4, 0.5) is 4.79 Å². The first-order valence-electron chi connectivity index (χ1n) is 8.37. The van der Waals surface area contributed by atoms with Gasteiger partial charge in [0.05, 0.1) is 12.6 Å². The third-order valence-electron chi connectivity index (χ3n) is 3.06. The Hall–Kier alpha value is -0.800. The monoisotopic (exact) mass is 447 g/mol. The lowest BCUT2D eigenvalue weighted by molar-refractivity contribution is -0.139. The molecule has 1 heterocycles. The molecule has 0 aromatic heterocycles. The summed E-state index contributed by atoms with van der Waals surface area (Å²) in [5.41, 5.74) is 2.22. The normalized spacial score (nSPS) is 18.7. The molecule has 27 heavy (non-hydrogen) atoms. The average molecular weight is 449 g/mol. The summed E-state index contributed by atoms with van der Waals surface area (Å²) in [5, 5.41) is 3.87. The van der Waals surface area contributed by atoms with Crippen LogP contribution in [0.3, 0.4) is 0 Å². The van der Waals surface area contributed by atoms with E-state index in [9.17, 15) is 14.4 Å². The summed E-state index contributed by atoms with van der Waals surface area (Å²) in [4.78, 5) is 34.5. The van der Waals surface area contributed by atoms with E-state index in [-0.39, 0.29) is 18.6 Å². The second-order valence-corrected chi connectivity index (χ2v) is 9.44. The van der Waals surface area contributed by atoms with Gasteiger partial charge in [-0.05, 0) is 40.5 Å². The Labute approximate surface area is 175 Å². The molecule has 0 bridgehead atoms. The number of aldehydes is 1. The summed E-state index contributed by atoms with van der Waals surface area (Å²) in [6.07, 6.45) is 1.61. The number of methoxy groups -OCH3 is 1. The number of carbonyl (C=O) groups excluding carboxylic acids is 3. The maximum absolute atomic E-state index is 12.1. The van der Waals surface area contributed by atoms with Gasteiger partial charge in [-0.1, -0.05) is 34.8 Å². The summed E-state index contributed by atoms with van der Waals surface area (Å²) < 4.78 is 8.35. The van der Waals surface area contributed by atoms with Crippen molar-refractivity contribution in [2.24, 2.45) is 0 Å². The summed E-state index contributed by atoms with van der Waals surface area (Å²) in [5.74, 6) is -0.289. The number of hydrogen-bond acceptors (Lipinski definition) is 6. The maximum atomic E-state index is 12.1. The van der Waals surface area contributed by atoms with Crippen molar-refractivity contribution < 1.29 is 23.9 Å². The molecule has 2 unspecified atom stereocenters. The van der Waals surface area contributed by atoms with E-state index in [1.165, 1.54) is 12.1 Å². The topological polar surface area (TPSA) is 97.0 Å². The van der Waals surface area contributed by atoms with E-state index in [0.29, 0.717) is 13.0 Å². The van der Waals surface area contributed by atoms with Crippen LogP contribution in [0.15, 0.2) is 0 Å². The van der Waals surface area contributed by atoms with Gasteiger partial charge in [-0.2, -0.15) is 0 Å². The number of nitrogens with one attached hydrogen (secondary N) is 2. The van der Waals surface area contributed by atoms with Crippen molar-refractivity contribution in [3.8, 4) is 0 Å². The van der Waals surface area contributed by atoms with E-state index in [1.807, 2.05) is 0 Å². The molecule has 1 fully saturated rings. The SMILES string of the molecule is CC(NC(=O)OC(C)(C)C)C(=O)N1CCCC(C=O)N1.COCC(Cl)(Cl)Cl. The first-order chi connectivity index (χ1) is 12.3. The minimum absolute atomic E-state index is 0.137. The highest BCUT2D eigenvalue weighted by Crippen LogP contribution is 2.25. The highest BCUT2D eigenvalue weighted by atomic mass is 35.6. The number of hydrazine groups is 1. The Morgan fingerprint density at radius 1 is 1.33 bits per heavy atom. The Kier molecular flexibility index (Phi) is 11.6. The van der Waals surface area contributed by atoms with Gasteiger partial charge in [0.15, 0.2) is 0 Å². The highest BCUT2D eigenvalue weighted by Gasteiger charge is 2.28. The summed E-state index contributed by atoms with van der Waals surface area (Å²) in [7, 11) is 1.47. The van der Waals surface area contributed by atoms with Crippen LogP contribution in [0.2, 0.25) is 0 Å². The van der Waals surface area contributed by atoms with E-state index in [1.54, 1.807) is 27.7 Å². The number of rotatable bonds is 4. The second kappa shape index (κ2) is 11.9. The van der Waals surface area contributed by atoms with Crippen molar-refractivity contribution in [1.29, 1.82) is 0 Å². The summed E-state index contributed by atoms with van der Waals surface area (Å²) in [6.45, 7) is 7.49. The fourth-order valence-electron chi connectivity index (χ4n) is 2.01. The minimum atomic E-state index is -1.26. The lowest BCUT2D eigenvalue weighted by Gasteiger charge is -2.33. The molecule has 2 amide bonds. The van der Waals surface area contributed by atoms with Gasteiger partial charge in [0, 0.05) is 13.7 Å². The number of hydrogen-bond donors (Lipinski definition) is 2. The molecule has 11 heteroatoms. The van der Waals surface area contributed by atoms with Crippen molar-refractivity contribution in [3.63, 3.8) is 0 Å². The van der Waals surface area contributed by atoms with E-state index < -0.39 is 21.5 Å². The van der Waals surface area contributed by atoms with Gasteiger partial charge in [-0.3, -0.25) is 9.80 Å². The third-order valence-corrected chi connectivity index (χ3v) is 3.39. The lowest BCUT2D eigenvalue weighted by Crippen LogP contribution is -2.58. The second-order valence-electron chi connectivity index (χ2n) is 6.92. The van der Waals surface area contributed by atoms with Crippen LogP contribution in [0.5, 0.6) is 0 Å². The van der Waals surface area contributed by atoms with Crippen LogP contribution >= 0.6 is 34.8 Å². The highest BCUT2D eigenvalue weighted by molar-refractivity contribution is 6.67. The van der Waals surface area contributed by atoms with E-state index in [0.717, 1.165) is 12.7 Å². The molecule has 1 aliphatic heterocycles. The smallest absolute Gasteiger partial charge is 0.408 e. The number of amides is 2. The molecule has 0 saturated carbocycles. The van der Waals surface area contributed by atoms with E-state index in [2.05, 4.69) is 15.5 Å². The molecule has 2 atom stereocenters. The fraction of sp³-hybridized carbons (Fsp3) is 0.812. The van der Waals surface area contributed by atoms with Crippen LogP contribution in [0.25, 0.3) is 0 Å². The largest absolute Gasteiger partial charge is 0.444 e. The van der Waals surface area contributed by atoms with Crippen molar-refractivity contribution >= 4 is 53.1 Å². The fourth-order valence-corrected chi connectivity index (χ4v) is 2.34. The van der Waals surface area contributed by atoms with Crippen molar-refractivity contribution in [2.45, 2.75) is 62.0 Å². The van der Waals surface area contributed by atoms with Crippen LogP contribution in [0.1, 0.15) is 40.5 Å².